The maximum Gasteiger partial charge on any atom is 0.0873 e. The van der Waals surface area contributed by atoms with E-state index in [2.05, 4.69) is 0 Å². The highest BCUT2D eigenvalue weighted by Crippen LogP contribution is 2.13. The van der Waals surface area contributed by atoms with Crippen LogP contribution in [0, 0.1) is 0 Å². The SMILES string of the molecule is CC(C)=COCCCC1CS(=O)CCS1=O. The van der Waals surface area contributed by atoms with Crippen LogP contribution in [-0.4, -0.2) is 37.5 Å². The molecule has 1 heterocycles. The molecule has 0 radical (unpaired) electrons. The number of hydrogen-bond acceptors (Lipinski definition) is 3. The first-order valence-electron chi connectivity index (χ1n) is 5.56. The predicted octanol–water partition coefficient (Wildman–Crippen LogP) is 1.59. The van der Waals surface area contributed by atoms with Crippen molar-refractivity contribution in [2.45, 2.75) is 31.9 Å². The molecule has 0 N–H and O–H groups in total. The number of rotatable bonds is 5. The van der Waals surface area contributed by atoms with Crippen molar-refractivity contribution in [1.82, 2.24) is 0 Å². The highest BCUT2D eigenvalue weighted by atomic mass is 32.2. The maximum absolute atomic E-state index is 11.6. The van der Waals surface area contributed by atoms with Crippen LogP contribution in [0.5, 0.6) is 0 Å². The molecule has 3 atom stereocenters. The molecule has 0 amide bonds. The van der Waals surface area contributed by atoms with Gasteiger partial charge in [-0.3, -0.25) is 8.42 Å². The Labute approximate surface area is 103 Å². The third kappa shape index (κ3) is 5.25. The Morgan fingerprint density at radius 2 is 2.12 bits per heavy atom. The summed E-state index contributed by atoms with van der Waals surface area (Å²) >= 11 is 0. The van der Waals surface area contributed by atoms with E-state index in [1.54, 1.807) is 6.26 Å². The minimum atomic E-state index is -0.777. The van der Waals surface area contributed by atoms with Gasteiger partial charge in [0.05, 0.1) is 12.9 Å². The summed E-state index contributed by atoms with van der Waals surface area (Å²) in [5.74, 6) is 1.82. The van der Waals surface area contributed by atoms with Gasteiger partial charge in [-0.25, -0.2) is 0 Å². The van der Waals surface area contributed by atoms with Gasteiger partial charge in [-0.05, 0) is 32.3 Å². The maximum atomic E-state index is 11.6. The van der Waals surface area contributed by atoms with Gasteiger partial charge in [0, 0.05) is 44.1 Å². The van der Waals surface area contributed by atoms with Gasteiger partial charge in [0.15, 0.2) is 0 Å². The summed E-state index contributed by atoms with van der Waals surface area (Å²) in [6, 6.07) is 0. The predicted molar refractivity (Wildman–Crippen MR) is 69.3 cm³/mol. The first kappa shape index (κ1) is 13.9. The van der Waals surface area contributed by atoms with E-state index in [1.165, 1.54) is 0 Å². The Hall–Kier alpha value is -0.160. The molecule has 3 unspecified atom stereocenters. The monoisotopic (exact) mass is 264 g/mol. The van der Waals surface area contributed by atoms with E-state index in [0.29, 0.717) is 23.9 Å². The molecule has 0 aromatic carbocycles. The minimum absolute atomic E-state index is 0.116. The molecular formula is C11H20O3S2. The topological polar surface area (TPSA) is 43.4 Å². The van der Waals surface area contributed by atoms with Gasteiger partial charge in [0.1, 0.15) is 0 Å². The van der Waals surface area contributed by atoms with Crippen molar-refractivity contribution in [2.24, 2.45) is 0 Å². The second-order valence-corrected chi connectivity index (χ2v) is 7.68. The molecule has 0 saturated carbocycles. The average Bonchev–Trinajstić information content (AvgIpc) is 2.22. The molecule has 0 spiro atoms. The lowest BCUT2D eigenvalue weighted by Crippen LogP contribution is -2.33. The highest BCUT2D eigenvalue weighted by molar-refractivity contribution is 7.92. The van der Waals surface area contributed by atoms with Crippen LogP contribution in [0.4, 0.5) is 0 Å². The van der Waals surface area contributed by atoms with E-state index in [9.17, 15) is 8.42 Å². The summed E-state index contributed by atoms with van der Waals surface area (Å²) in [5, 5.41) is 0.116. The zero-order valence-corrected chi connectivity index (χ0v) is 11.6. The summed E-state index contributed by atoms with van der Waals surface area (Å²) in [7, 11) is -1.53. The summed E-state index contributed by atoms with van der Waals surface area (Å²) in [6.45, 7) is 4.63. The number of ether oxygens (including phenoxy) is 1. The van der Waals surface area contributed by atoms with Crippen molar-refractivity contribution in [1.29, 1.82) is 0 Å². The van der Waals surface area contributed by atoms with Crippen molar-refractivity contribution in [2.75, 3.05) is 23.9 Å². The van der Waals surface area contributed by atoms with Crippen molar-refractivity contribution in [3.8, 4) is 0 Å². The largest absolute Gasteiger partial charge is 0.501 e. The molecule has 0 aromatic rings. The Bertz CT molecular complexity index is 296. The van der Waals surface area contributed by atoms with Crippen molar-refractivity contribution in [3.05, 3.63) is 11.8 Å². The van der Waals surface area contributed by atoms with Crippen LogP contribution in [0.2, 0.25) is 0 Å². The van der Waals surface area contributed by atoms with E-state index in [1.807, 2.05) is 13.8 Å². The molecule has 94 valence electrons. The first-order chi connectivity index (χ1) is 7.59. The third-order valence-corrected chi connectivity index (χ3v) is 6.02. The Balaban J connectivity index is 2.18. The van der Waals surface area contributed by atoms with Crippen LogP contribution >= 0.6 is 0 Å². The Morgan fingerprint density at radius 1 is 1.38 bits per heavy atom. The molecule has 1 aliphatic rings. The minimum Gasteiger partial charge on any atom is -0.501 e. The van der Waals surface area contributed by atoms with Crippen LogP contribution in [0.1, 0.15) is 26.7 Å². The van der Waals surface area contributed by atoms with Gasteiger partial charge in [-0.1, -0.05) is 0 Å². The number of allylic oxidation sites excluding steroid dienone is 1. The quantitative estimate of drug-likeness (QED) is 0.559. The van der Waals surface area contributed by atoms with Gasteiger partial charge < -0.3 is 4.74 Å². The van der Waals surface area contributed by atoms with Crippen molar-refractivity contribution >= 4 is 21.6 Å². The molecule has 0 aromatic heterocycles. The van der Waals surface area contributed by atoms with Gasteiger partial charge in [0.2, 0.25) is 0 Å². The van der Waals surface area contributed by atoms with Crippen LogP contribution in [-0.2, 0) is 26.3 Å². The van der Waals surface area contributed by atoms with Gasteiger partial charge in [0.25, 0.3) is 0 Å². The molecule has 5 heteroatoms. The van der Waals surface area contributed by atoms with Crippen molar-refractivity contribution < 1.29 is 13.2 Å². The highest BCUT2D eigenvalue weighted by Gasteiger charge is 2.24. The van der Waals surface area contributed by atoms with E-state index in [-0.39, 0.29) is 5.25 Å². The molecule has 16 heavy (non-hydrogen) atoms. The normalized spacial score (nSPS) is 29.8. The Kier molecular flexibility index (Phi) is 6.28. The lowest BCUT2D eigenvalue weighted by molar-refractivity contribution is 0.239. The number of hydrogen-bond donors (Lipinski definition) is 0. The first-order valence-corrected chi connectivity index (χ1v) is 8.43. The molecule has 1 rings (SSSR count). The molecule has 1 aliphatic heterocycles. The van der Waals surface area contributed by atoms with Crippen LogP contribution in [0.15, 0.2) is 11.8 Å². The summed E-state index contributed by atoms with van der Waals surface area (Å²) in [5.41, 5.74) is 1.14. The third-order valence-electron chi connectivity index (χ3n) is 2.36. The fraction of sp³-hybridized carbons (Fsp3) is 0.818. The second kappa shape index (κ2) is 7.22. The van der Waals surface area contributed by atoms with Crippen molar-refractivity contribution in [3.63, 3.8) is 0 Å². The lowest BCUT2D eigenvalue weighted by Gasteiger charge is -2.20. The van der Waals surface area contributed by atoms with Crippen LogP contribution < -0.4 is 0 Å². The zero-order chi connectivity index (χ0) is 12.0. The molecule has 0 bridgehead atoms. The lowest BCUT2D eigenvalue weighted by atomic mass is 10.2. The van der Waals surface area contributed by atoms with Crippen LogP contribution in [0.3, 0.4) is 0 Å². The van der Waals surface area contributed by atoms with Gasteiger partial charge in [-0.2, -0.15) is 0 Å². The zero-order valence-electron chi connectivity index (χ0n) is 9.94. The van der Waals surface area contributed by atoms with Crippen LogP contribution in [0.25, 0.3) is 0 Å². The van der Waals surface area contributed by atoms with E-state index < -0.39 is 21.6 Å². The smallest absolute Gasteiger partial charge is 0.0873 e. The Morgan fingerprint density at radius 3 is 2.81 bits per heavy atom. The summed E-state index contributed by atoms with van der Waals surface area (Å²) < 4.78 is 28.3. The molecule has 3 nitrogen and oxygen atoms in total. The van der Waals surface area contributed by atoms with E-state index in [0.717, 1.165) is 18.4 Å². The fourth-order valence-corrected chi connectivity index (χ4v) is 5.52. The van der Waals surface area contributed by atoms with E-state index >= 15 is 0 Å². The van der Waals surface area contributed by atoms with Gasteiger partial charge in [-0.15, -0.1) is 0 Å². The fourth-order valence-electron chi connectivity index (χ4n) is 1.54. The van der Waals surface area contributed by atoms with Gasteiger partial charge >= 0.3 is 0 Å². The molecule has 1 saturated heterocycles. The molecule has 1 fully saturated rings. The average molecular weight is 264 g/mol. The molecule has 0 aliphatic carbocycles. The standard InChI is InChI=1S/C11H20O3S2/c1-10(2)8-14-5-3-4-11-9-15(12)6-7-16(11)13/h8,11H,3-7,9H2,1-2H3. The summed E-state index contributed by atoms with van der Waals surface area (Å²) in [4.78, 5) is 0. The summed E-state index contributed by atoms with van der Waals surface area (Å²) in [6.07, 6.45) is 3.49. The van der Waals surface area contributed by atoms with E-state index in [4.69, 9.17) is 4.74 Å². The molecular weight excluding hydrogens is 244 g/mol. The second-order valence-electron chi connectivity index (χ2n) is 4.23.